The molecule has 0 aliphatic rings. The van der Waals surface area contributed by atoms with Gasteiger partial charge in [0.2, 0.25) is 11.7 Å². The van der Waals surface area contributed by atoms with E-state index in [9.17, 15) is 4.79 Å². The Bertz CT molecular complexity index is 968. The van der Waals surface area contributed by atoms with Crippen molar-refractivity contribution in [2.24, 2.45) is 0 Å². The van der Waals surface area contributed by atoms with Gasteiger partial charge in [-0.15, -0.1) is 0 Å². The minimum absolute atomic E-state index is 0.114. The third kappa shape index (κ3) is 4.49. The fraction of sp³-hybridized carbons (Fsp3) is 0.286. The van der Waals surface area contributed by atoms with Crippen molar-refractivity contribution < 1.29 is 18.8 Å². The molecular formula is C21H23N3O4. The lowest BCUT2D eigenvalue weighted by molar-refractivity contribution is 0.0934. The molecule has 1 atom stereocenters. The lowest BCUT2D eigenvalue weighted by Gasteiger charge is -2.19. The molecule has 1 aromatic heterocycles. The van der Waals surface area contributed by atoms with Crippen molar-refractivity contribution in [1.82, 2.24) is 15.5 Å². The minimum Gasteiger partial charge on any atom is -0.496 e. The minimum atomic E-state index is -0.240. The molecule has 0 saturated heterocycles. The van der Waals surface area contributed by atoms with Crippen LogP contribution in [0.2, 0.25) is 0 Å². The molecule has 146 valence electrons. The maximum atomic E-state index is 12.9. The van der Waals surface area contributed by atoms with Crippen molar-refractivity contribution in [2.75, 3.05) is 7.11 Å². The number of para-hydroxylation sites is 1. The van der Waals surface area contributed by atoms with Crippen LogP contribution >= 0.6 is 0 Å². The highest BCUT2D eigenvalue weighted by Gasteiger charge is 2.18. The molecule has 0 fully saturated rings. The van der Waals surface area contributed by atoms with E-state index in [1.54, 1.807) is 38.3 Å². The number of aryl methyl sites for hydroxylation is 2. The smallest absolute Gasteiger partial charge is 0.255 e. The number of nitrogens with zero attached hydrogens (tertiary/aromatic N) is 2. The van der Waals surface area contributed by atoms with Gasteiger partial charge in [-0.2, -0.15) is 4.98 Å². The van der Waals surface area contributed by atoms with Crippen LogP contribution in [0.3, 0.4) is 0 Å². The zero-order chi connectivity index (χ0) is 20.1. The second-order valence-corrected chi connectivity index (χ2v) is 6.46. The predicted octanol–water partition coefficient (Wildman–Crippen LogP) is 3.77. The molecule has 0 bridgehead atoms. The van der Waals surface area contributed by atoms with Crippen molar-refractivity contribution >= 4 is 5.91 Å². The second-order valence-electron chi connectivity index (χ2n) is 6.46. The average Bonchev–Trinajstić information content (AvgIpc) is 3.11. The third-order valence-electron chi connectivity index (χ3n) is 4.26. The van der Waals surface area contributed by atoms with E-state index >= 15 is 0 Å². The van der Waals surface area contributed by atoms with Crippen LogP contribution in [-0.4, -0.2) is 23.2 Å². The Hall–Kier alpha value is -3.35. The topological polar surface area (TPSA) is 86.5 Å². The molecule has 7 nitrogen and oxygen atoms in total. The summed E-state index contributed by atoms with van der Waals surface area (Å²) < 4.78 is 16.1. The van der Waals surface area contributed by atoms with Gasteiger partial charge in [-0.3, -0.25) is 4.79 Å². The Morgan fingerprint density at radius 3 is 2.68 bits per heavy atom. The van der Waals surface area contributed by atoms with E-state index in [2.05, 4.69) is 15.5 Å². The molecule has 0 spiro atoms. The van der Waals surface area contributed by atoms with Crippen LogP contribution in [0, 0.1) is 13.8 Å². The largest absolute Gasteiger partial charge is 0.496 e. The average molecular weight is 381 g/mol. The van der Waals surface area contributed by atoms with Crippen LogP contribution in [0.15, 0.2) is 47.0 Å². The summed E-state index contributed by atoms with van der Waals surface area (Å²) in [6.07, 6.45) is 0. The van der Waals surface area contributed by atoms with E-state index in [-0.39, 0.29) is 18.6 Å². The Morgan fingerprint density at radius 1 is 1.18 bits per heavy atom. The van der Waals surface area contributed by atoms with Crippen molar-refractivity contribution in [3.05, 3.63) is 70.9 Å². The number of hydrogen-bond donors (Lipinski definition) is 1. The van der Waals surface area contributed by atoms with Gasteiger partial charge in [-0.1, -0.05) is 35.0 Å². The number of hydrogen-bond acceptors (Lipinski definition) is 6. The first-order chi connectivity index (χ1) is 13.5. The molecule has 1 N–H and O–H groups in total. The highest BCUT2D eigenvalue weighted by molar-refractivity contribution is 5.97. The number of carbonyl (C=O) groups is 1. The van der Waals surface area contributed by atoms with Crippen molar-refractivity contribution in [2.45, 2.75) is 33.4 Å². The van der Waals surface area contributed by atoms with Crippen molar-refractivity contribution in [3.8, 4) is 11.5 Å². The van der Waals surface area contributed by atoms with Crippen molar-refractivity contribution in [1.29, 1.82) is 0 Å². The van der Waals surface area contributed by atoms with Crippen LogP contribution in [0.25, 0.3) is 0 Å². The van der Waals surface area contributed by atoms with E-state index < -0.39 is 0 Å². The summed E-state index contributed by atoms with van der Waals surface area (Å²) >= 11 is 0. The molecule has 0 radical (unpaired) electrons. The van der Waals surface area contributed by atoms with Gasteiger partial charge in [0.05, 0.1) is 18.7 Å². The van der Waals surface area contributed by atoms with E-state index in [0.717, 1.165) is 16.9 Å². The number of nitrogens with one attached hydrogen (secondary N) is 1. The third-order valence-corrected chi connectivity index (χ3v) is 4.26. The molecule has 0 aliphatic carbocycles. The highest BCUT2D eigenvalue weighted by Crippen LogP contribution is 2.27. The van der Waals surface area contributed by atoms with Crippen LogP contribution in [0.4, 0.5) is 0 Å². The van der Waals surface area contributed by atoms with E-state index in [1.165, 1.54) is 0 Å². The van der Waals surface area contributed by atoms with Crippen LogP contribution in [0.5, 0.6) is 11.5 Å². The Kier molecular flexibility index (Phi) is 5.93. The number of amides is 1. The Labute approximate surface area is 163 Å². The zero-order valence-corrected chi connectivity index (χ0v) is 16.4. The van der Waals surface area contributed by atoms with Crippen LogP contribution in [-0.2, 0) is 6.61 Å². The molecule has 0 saturated carbocycles. The van der Waals surface area contributed by atoms with E-state index in [4.69, 9.17) is 14.0 Å². The predicted molar refractivity (Wildman–Crippen MR) is 103 cm³/mol. The number of rotatable bonds is 7. The molecule has 1 amide bonds. The maximum Gasteiger partial charge on any atom is 0.255 e. The van der Waals surface area contributed by atoms with Gasteiger partial charge in [-0.25, -0.2) is 0 Å². The summed E-state index contributed by atoms with van der Waals surface area (Å²) in [5.74, 6) is 1.83. The molecular weight excluding hydrogens is 358 g/mol. The van der Waals surface area contributed by atoms with E-state index in [1.807, 2.05) is 32.0 Å². The van der Waals surface area contributed by atoms with Crippen LogP contribution < -0.4 is 14.8 Å². The van der Waals surface area contributed by atoms with Gasteiger partial charge in [0.25, 0.3) is 5.91 Å². The molecule has 1 heterocycles. The zero-order valence-electron chi connectivity index (χ0n) is 16.4. The fourth-order valence-corrected chi connectivity index (χ4v) is 2.87. The molecule has 2 aromatic carbocycles. The first-order valence-electron chi connectivity index (χ1n) is 8.94. The quantitative estimate of drug-likeness (QED) is 0.670. The molecule has 1 unspecified atom stereocenters. The molecule has 3 rings (SSSR count). The SMILES string of the molecule is COc1ccc(C)cc1C(C)NC(=O)c1ccccc1OCc1noc(C)n1. The fourth-order valence-electron chi connectivity index (χ4n) is 2.87. The summed E-state index contributed by atoms with van der Waals surface area (Å²) in [6.45, 7) is 5.74. The summed E-state index contributed by atoms with van der Waals surface area (Å²) in [4.78, 5) is 17.0. The Morgan fingerprint density at radius 2 is 1.96 bits per heavy atom. The number of aromatic nitrogens is 2. The summed E-state index contributed by atoms with van der Waals surface area (Å²) in [7, 11) is 1.62. The summed E-state index contributed by atoms with van der Waals surface area (Å²) in [6, 6.07) is 12.7. The van der Waals surface area contributed by atoms with E-state index in [0.29, 0.717) is 23.0 Å². The highest BCUT2D eigenvalue weighted by atomic mass is 16.5. The van der Waals surface area contributed by atoms with Gasteiger partial charge in [0, 0.05) is 12.5 Å². The molecule has 28 heavy (non-hydrogen) atoms. The van der Waals surface area contributed by atoms with Gasteiger partial charge in [-0.05, 0) is 32.0 Å². The lowest BCUT2D eigenvalue weighted by atomic mass is 10.0. The lowest BCUT2D eigenvalue weighted by Crippen LogP contribution is -2.27. The summed E-state index contributed by atoms with van der Waals surface area (Å²) in [5, 5.41) is 6.80. The monoisotopic (exact) mass is 381 g/mol. The first-order valence-corrected chi connectivity index (χ1v) is 8.94. The van der Waals surface area contributed by atoms with Crippen molar-refractivity contribution in [3.63, 3.8) is 0 Å². The normalized spacial score (nSPS) is 11.7. The first kappa shape index (κ1) is 19.4. The number of benzene rings is 2. The molecule has 7 heteroatoms. The van der Waals surface area contributed by atoms with Gasteiger partial charge in [0.15, 0.2) is 6.61 Å². The molecule has 3 aromatic rings. The van der Waals surface area contributed by atoms with Crippen LogP contribution in [0.1, 0.15) is 46.2 Å². The van der Waals surface area contributed by atoms with Gasteiger partial charge >= 0.3 is 0 Å². The van der Waals surface area contributed by atoms with Gasteiger partial charge in [0.1, 0.15) is 11.5 Å². The maximum absolute atomic E-state index is 12.9. The van der Waals surface area contributed by atoms with Gasteiger partial charge < -0.3 is 19.3 Å². The second kappa shape index (κ2) is 8.56. The standard InChI is InChI=1S/C21H23N3O4/c1-13-9-10-18(26-4)17(11-13)14(2)22-21(25)16-7-5-6-8-19(16)27-12-20-23-15(3)28-24-20/h5-11,14H,12H2,1-4H3,(H,22,25). The summed E-state index contributed by atoms with van der Waals surface area (Å²) in [5.41, 5.74) is 2.44. The molecule has 0 aliphatic heterocycles. The Balaban J connectivity index is 1.75. The number of methoxy groups -OCH3 is 1. The number of carbonyl (C=O) groups excluding carboxylic acids is 1. The number of ether oxygens (including phenoxy) is 2.